The van der Waals surface area contributed by atoms with Crippen LogP contribution >= 0.6 is 0 Å². The van der Waals surface area contributed by atoms with Crippen molar-refractivity contribution >= 4 is 22.4 Å². The summed E-state index contributed by atoms with van der Waals surface area (Å²) in [5, 5.41) is 5.27. The van der Waals surface area contributed by atoms with Gasteiger partial charge in [-0.05, 0) is 68.6 Å². The Labute approximate surface area is 210 Å². The Balaban J connectivity index is 0.000000199. The van der Waals surface area contributed by atoms with Gasteiger partial charge in [0.15, 0.2) is 0 Å². The molecule has 0 amide bonds. The highest BCUT2D eigenvalue weighted by molar-refractivity contribution is 5.88. The third kappa shape index (κ3) is 7.01. The molecule has 0 saturated heterocycles. The van der Waals surface area contributed by atoms with Crippen molar-refractivity contribution in [3.63, 3.8) is 0 Å². The second kappa shape index (κ2) is 13.8. The zero-order valence-electron chi connectivity index (χ0n) is 22.0. The minimum atomic E-state index is 0.266. The van der Waals surface area contributed by atoms with Crippen molar-refractivity contribution in [2.24, 2.45) is 0 Å². The minimum absolute atomic E-state index is 0.266. The first kappa shape index (κ1) is 26.6. The van der Waals surface area contributed by atoms with E-state index in [0.717, 1.165) is 33.6 Å². The van der Waals surface area contributed by atoms with Crippen molar-refractivity contribution in [1.29, 1.82) is 0 Å². The molecule has 0 atom stereocenters. The summed E-state index contributed by atoms with van der Waals surface area (Å²) >= 11 is 0. The summed E-state index contributed by atoms with van der Waals surface area (Å²) < 4.78 is 1.74. The standard InChI is InChI=1S/C15H11N5.C12H25N.C2H6/c16-15-18-9-14-12(5-7-20(14)19-15)10-3-4-13-11(8-10)2-1-6-17-13;1-3-10-13(11-4-2)12-8-6-5-7-9-12;1-2/h1-9H,(H2,16,19);12H,3-11H2,1-2H3;1-2H3. The van der Waals surface area contributed by atoms with Crippen molar-refractivity contribution in [1.82, 2.24) is 24.5 Å². The molecule has 3 heterocycles. The monoisotopic (exact) mass is 474 g/mol. The van der Waals surface area contributed by atoms with Crippen LogP contribution in [0.5, 0.6) is 0 Å². The fourth-order valence-corrected chi connectivity index (χ4v) is 4.90. The molecule has 1 aromatic carbocycles. The molecule has 0 bridgehead atoms. The molecule has 4 aromatic rings. The van der Waals surface area contributed by atoms with E-state index in [0.29, 0.717) is 0 Å². The molecule has 1 fully saturated rings. The number of fused-ring (bicyclic) bond motifs is 2. The van der Waals surface area contributed by atoms with Gasteiger partial charge in [-0.15, -0.1) is 5.10 Å². The van der Waals surface area contributed by atoms with Crippen molar-refractivity contribution in [3.8, 4) is 11.1 Å². The molecule has 2 N–H and O–H groups in total. The maximum absolute atomic E-state index is 5.59. The lowest BCUT2D eigenvalue weighted by Gasteiger charge is -2.33. The molecular formula is C29H42N6. The van der Waals surface area contributed by atoms with E-state index in [9.17, 15) is 0 Å². The molecule has 0 spiro atoms. The highest BCUT2D eigenvalue weighted by atomic mass is 15.3. The molecule has 0 aliphatic heterocycles. The van der Waals surface area contributed by atoms with Crippen LogP contribution in [0.25, 0.3) is 27.5 Å². The maximum Gasteiger partial charge on any atom is 0.238 e. The van der Waals surface area contributed by atoms with Crippen LogP contribution in [0.4, 0.5) is 5.95 Å². The minimum Gasteiger partial charge on any atom is -0.367 e. The van der Waals surface area contributed by atoms with Crippen LogP contribution in [0.1, 0.15) is 72.6 Å². The first-order valence-electron chi connectivity index (χ1n) is 13.4. The smallest absolute Gasteiger partial charge is 0.238 e. The molecule has 6 nitrogen and oxygen atoms in total. The highest BCUT2D eigenvalue weighted by Gasteiger charge is 2.19. The topological polar surface area (TPSA) is 72.3 Å². The molecule has 0 radical (unpaired) electrons. The summed E-state index contributed by atoms with van der Waals surface area (Å²) in [5.74, 6) is 0.266. The largest absolute Gasteiger partial charge is 0.367 e. The van der Waals surface area contributed by atoms with E-state index in [1.54, 1.807) is 16.9 Å². The number of nitrogens with two attached hydrogens (primary N) is 1. The van der Waals surface area contributed by atoms with Crippen LogP contribution in [0.2, 0.25) is 0 Å². The number of aromatic nitrogens is 4. The predicted molar refractivity (Wildman–Crippen MR) is 149 cm³/mol. The normalized spacial score (nSPS) is 13.9. The van der Waals surface area contributed by atoms with Crippen molar-refractivity contribution in [2.75, 3.05) is 18.8 Å². The molecule has 6 heteroatoms. The molecule has 188 valence electrons. The number of nitrogen functional groups attached to an aromatic ring is 1. The molecular weight excluding hydrogens is 432 g/mol. The molecule has 5 rings (SSSR count). The number of anilines is 1. The van der Waals surface area contributed by atoms with Gasteiger partial charge in [-0.25, -0.2) is 9.50 Å². The van der Waals surface area contributed by atoms with Gasteiger partial charge in [0.05, 0.1) is 17.2 Å². The van der Waals surface area contributed by atoms with Gasteiger partial charge in [0, 0.05) is 29.4 Å². The van der Waals surface area contributed by atoms with Crippen molar-refractivity contribution in [3.05, 3.63) is 55.0 Å². The molecule has 1 aliphatic rings. The number of hydrogen-bond donors (Lipinski definition) is 1. The molecule has 0 unspecified atom stereocenters. The fraction of sp³-hybridized carbons (Fsp3) is 0.483. The number of nitrogens with zero attached hydrogens (tertiary/aromatic N) is 5. The fourth-order valence-electron chi connectivity index (χ4n) is 4.90. The Morgan fingerprint density at radius 2 is 1.71 bits per heavy atom. The van der Waals surface area contributed by atoms with Crippen LogP contribution in [-0.2, 0) is 0 Å². The third-order valence-electron chi connectivity index (χ3n) is 6.46. The van der Waals surface area contributed by atoms with Gasteiger partial charge in [0.1, 0.15) is 0 Å². The third-order valence-corrected chi connectivity index (χ3v) is 6.46. The lowest BCUT2D eigenvalue weighted by atomic mass is 9.94. The quantitative estimate of drug-likeness (QED) is 0.326. The van der Waals surface area contributed by atoms with E-state index in [4.69, 9.17) is 5.73 Å². The SMILES string of the molecule is CC.CCCN(CCC)C1CCCCC1.Nc1ncc2c(-c3ccc4ncccc4c3)ccn2n1. The lowest BCUT2D eigenvalue weighted by molar-refractivity contribution is 0.156. The lowest BCUT2D eigenvalue weighted by Crippen LogP contribution is -2.37. The van der Waals surface area contributed by atoms with Gasteiger partial charge in [-0.1, -0.05) is 59.1 Å². The second-order valence-electron chi connectivity index (χ2n) is 8.91. The summed E-state index contributed by atoms with van der Waals surface area (Å²) in [6.45, 7) is 11.2. The number of hydrogen-bond acceptors (Lipinski definition) is 5. The maximum atomic E-state index is 5.59. The molecule has 35 heavy (non-hydrogen) atoms. The molecule has 1 aliphatic carbocycles. The van der Waals surface area contributed by atoms with E-state index >= 15 is 0 Å². The number of rotatable bonds is 6. The van der Waals surface area contributed by atoms with Gasteiger partial charge in [0.25, 0.3) is 0 Å². The zero-order valence-corrected chi connectivity index (χ0v) is 22.0. The van der Waals surface area contributed by atoms with Gasteiger partial charge >= 0.3 is 0 Å². The van der Waals surface area contributed by atoms with Crippen molar-refractivity contribution in [2.45, 2.75) is 78.7 Å². The van der Waals surface area contributed by atoms with Gasteiger partial charge in [0.2, 0.25) is 5.95 Å². The summed E-state index contributed by atoms with van der Waals surface area (Å²) in [4.78, 5) is 11.1. The Morgan fingerprint density at radius 3 is 2.43 bits per heavy atom. The van der Waals surface area contributed by atoms with Crippen LogP contribution in [0.3, 0.4) is 0 Å². The van der Waals surface area contributed by atoms with E-state index in [2.05, 4.69) is 52.0 Å². The Bertz CT molecular complexity index is 1160. The average Bonchev–Trinajstić information content (AvgIpc) is 3.33. The summed E-state index contributed by atoms with van der Waals surface area (Å²) in [6.07, 6.45) is 15.4. The van der Waals surface area contributed by atoms with Crippen LogP contribution in [0, 0.1) is 0 Å². The van der Waals surface area contributed by atoms with E-state index in [1.165, 1.54) is 58.0 Å². The van der Waals surface area contributed by atoms with Crippen molar-refractivity contribution < 1.29 is 0 Å². The Hall–Kier alpha value is -2.99. The van der Waals surface area contributed by atoms with Crippen LogP contribution in [-0.4, -0.2) is 43.6 Å². The second-order valence-corrected chi connectivity index (χ2v) is 8.91. The molecule has 3 aromatic heterocycles. The number of pyridine rings is 1. The summed E-state index contributed by atoms with van der Waals surface area (Å²) in [5.41, 5.74) is 9.71. The van der Waals surface area contributed by atoms with E-state index in [-0.39, 0.29) is 5.95 Å². The van der Waals surface area contributed by atoms with E-state index in [1.807, 2.05) is 38.2 Å². The highest BCUT2D eigenvalue weighted by Crippen LogP contribution is 2.27. The van der Waals surface area contributed by atoms with E-state index < -0.39 is 0 Å². The average molecular weight is 475 g/mol. The first-order valence-corrected chi connectivity index (χ1v) is 13.4. The first-order chi connectivity index (χ1) is 17.2. The Kier molecular flexibility index (Phi) is 10.5. The molecule has 1 saturated carbocycles. The van der Waals surface area contributed by atoms with Gasteiger partial charge in [-0.3, -0.25) is 4.98 Å². The van der Waals surface area contributed by atoms with Gasteiger partial charge < -0.3 is 10.6 Å². The number of benzene rings is 1. The van der Waals surface area contributed by atoms with Crippen LogP contribution < -0.4 is 5.73 Å². The van der Waals surface area contributed by atoms with Crippen LogP contribution in [0.15, 0.2) is 55.0 Å². The summed E-state index contributed by atoms with van der Waals surface area (Å²) in [7, 11) is 0. The summed E-state index contributed by atoms with van der Waals surface area (Å²) in [6, 6.07) is 13.1. The Morgan fingerprint density at radius 1 is 0.971 bits per heavy atom. The van der Waals surface area contributed by atoms with Gasteiger partial charge in [-0.2, -0.15) is 0 Å². The zero-order chi connectivity index (χ0) is 25.0. The predicted octanol–water partition coefficient (Wildman–Crippen LogP) is 6.99.